The van der Waals surface area contributed by atoms with Crippen molar-refractivity contribution in [1.29, 1.82) is 0 Å². The second-order valence-electron chi connectivity index (χ2n) is 11.7. The van der Waals surface area contributed by atoms with Crippen LogP contribution in [0.3, 0.4) is 0 Å². The van der Waals surface area contributed by atoms with Gasteiger partial charge >= 0.3 is 0 Å². The minimum atomic E-state index is 0.913. The third kappa shape index (κ3) is 4.89. The summed E-state index contributed by atoms with van der Waals surface area (Å²) >= 11 is 1.83. The zero-order valence-corrected chi connectivity index (χ0v) is 26.3. The summed E-state index contributed by atoms with van der Waals surface area (Å²) in [6, 6.07) is 62.7. The topological polar surface area (TPSA) is 16.4 Å². The summed E-state index contributed by atoms with van der Waals surface area (Å²) in [7, 11) is 0. The van der Waals surface area contributed by atoms with Crippen molar-refractivity contribution >= 4 is 61.1 Å². The van der Waals surface area contributed by atoms with E-state index in [-0.39, 0.29) is 0 Å². The molecule has 0 saturated heterocycles. The van der Waals surface area contributed by atoms with E-state index in [9.17, 15) is 0 Å². The van der Waals surface area contributed by atoms with Gasteiger partial charge in [0, 0.05) is 42.9 Å². The van der Waals surface area contributed by atoms with Crippen molar-refractivity contribution < 1.29 is 4.42 Å². The minimum Gasteiger partial charge on any atom is -0.455 e. The fourth-order valence-electron chi connectivity index (χ4n) is 6.62. The van der Waals surface area contributed by atoms with E-state index in [4.69, 9.17) is 4.42 Å². The molecular formula is C44H29NOS. The van der Waals surface area contributed by atoms with E-state index in [0.29, 0.717) is 0 Å². The van der Waals surface area contributed by atoms with E-state index >= 15 is 0 Å². The number of benzene rings is 7. The Balaban J connectivity index is 1.12. The van der Waals surface area contributed by atoms with Crippen molar-refractivity contribution in [3.8, 4) is 32.0 Å². The summed E-state index contributed by atoms with van der Waals surface area (Å²) in [4.78, 5) is 4.90. The van der Waals surface area contributed by atoms with E-state index in [0.717, 1.165) is 50.1 Å². The minimum absolute atomic E-state index is 0.913. The molecular weight excluding hydrogens is 591 g/mol. The smallest absolute Gasteiger partial charge is 0.143 e. The molecule has 0 fully saturated rings. The monoisotopic (exact) mass is 619 g/mol. The molecule has 0 radical (unpaired) electrons. The van der Waals surface area contributed by atoms with Crippen molar-refractivity contribution in [2.75, 3.05) is 4.90 Å². The molecule has 0 aliphatic heterocycles. The van der Waals surface area contributed by atoms with E-state index in [1.807, 2.05) is 23.5 Å². The van der Waals surface area contributed by atoms with Crippen LogP contribution in [0.5, 0.6) is 0 Å². The molecule has 0 atom stereocenters. The highest BCUT2D eigenvalue weighted by Gasteiger charge is 2.17. The van der Waals surface area contributed by atoms with Gasteiger partial charge in [-0.25, -0.2) is 0 Å². The maximum atomic E-state index is 6.37. The number of nitrogens with zero attached hydrogens (tertiary/aromatic N) is 1. The molecule has 9 aromatic rings. The van der Waals surface area contributed by atoms with E-state index in [2.05, 4.69) is 169 Å². The highest BCUT2D eigenvalue weighted by Crippen LogP contribution is 2.42. The van der Waals surface area contributed by atoms with Gasteiger partial charge < -0.3 is 9.32 Å². The second kappa shape index (κ2) is 11.5. The van der Waals surface area contributed by atoms with Crippen LogP contribution in [0.1, 0.15) is 0 Å². The predicted octanol–water partition coefficient (Wildman–Crippen LogP) is 13.3. The third-order valence-electron chi connectivity index (χ3n) is 8.92. The van der Waals surface area contributed by atoms with Crippen LogP contribution >= 0.6 is 11.3 Å². The molecule has 0 aliphatic carbocycles. The number of hydrogen-bond acceptors (Lipinski definition) is 3. The van der Waals surface area contributed by atoms with Crippen molar-refractivity contribution in [1.82, 2.24) is 0 Å². The zero-order valence-electron chi connectivity index (χ0n) is 25.5. The normalized spacial score (nSPS) is 11.4. The summed E-state index contributed by atoms with van der Waals surface area (Å²) in [5.41, 5.74) is 9.87. The summed E-state index contributed by atoms with van der Waals surface area (Å²) < 4.78 is 6.37. The van der Waals surface area contributed by atoms with Crippen LogP contribution in [0, 0.1) is 0 Å². The van der Waals surface area contributed by atoms with Crippen LogP contribution in [0.4, 0.5) is 17.1 Å². The molecule has 9 rings (SSSR count). The van der Waals surface area contributed by atoms with E-state index in [1.54, 1.807) is 0 Å². The first-order valence-corrected chi connectivity index (χ1v) is 16.7. The maximum Gasteiger partial charge on any atom is 0.143 e. The number of fused-ring (bicyclic) bond motifs is 4. The van der Waals surface area contributed by atoms with Gasteiger partial charge in [-0.1, -0.05) is 127 Å². The largest absolute Gasteiger partial charge is 0.455 e. The first-order valence-electron chi connectivity index (χ1n) is 15.8. The second-order valence-corrected chi connectivity index (χ2v) is 12.8. The van der Waals surface area contributed by atoms with Crippen LogP contribution in [0.25, 0.3) is 64.7 Å². The number of rotatable bonds is 6. The predicted molar refractivity (Wildman–Crippen MR) is 200 cm³/mol. The van der Waals surface area contributed by atoms with Gasteiger partial charge in [-0.2, -0.15) is 0 Å². The lowest BCUT2D eigenvalue weighted by Gasteiger charge is -2.27. The van der Waals surface area contributed by atoms with E-state index < -0.39 is 0 Å². The Bertz CT molecular complexity index is 2500. The number of hydrogen-bond donors (Lipinski definition) is 0. The molecule has 0 spiro atoms. The lowest BCUT2D eigenvalue weighted by molar-refractivity contribution is 0.670. The Morgan fingerprint density at radius 3 is 1.74 bits per heavy atom. The van der Waals surface area contributed by atoms with Crippen molar-refractivity contribution in [2.24, 2.45) is 0 Å². The highest BCUT2D eigenvalue weighted by atomic mass is 32.1. The molecule has 2 nitrogen and oxygen atoms in total. The Hall–Kier alpha value is -5.90. The fraction of sp³-hybridized carbons (Fsp3) is 0. The van der Waals surface area contributed by atoms with Gasteiger partial charge in [0.2, 0.25) is 0 Å². The Morgan fingerprint density at radius 2 is 0.979 bits per heavy atom. The molecule has 222 valence electrons. The van der Waals surface area contributed by atoms with Gasteiger partial charge in [-0.3, -0.25) is 0 Å². The average molecular weight is 620 g/mol. The van der Waals surface area contributed by atoms with Gasteiger partial charge in [0.25, 0.3) is 0 Å². The standard InChI is InChI=1S/C44H29NOS/c1-2-11-32(12-3-1)42-28-29-43(47-42)33-22-26-35(27-23-33)45(40-18-8-13-30-10-4-5-14-36(30)40)34-24-20-31(21-25-34)37-16-9-17-39-38-15-6-7-19-41(38)46-44(37)39/h1-29H. The molecule has 0 N–H and O–H groups in total. The van der Waals surface area contributed by atoms with Crippen LogP contribution in [-0.4, -0.2) is 0 Å². The van der Waals surface area contributed by atoms with Crippen molar-refractivity contribution in [2.45, 2.75) is 0 Å². The summed E-state index contributed by atoms with van der Waals surface area (Å²) in [5, 5.41) is 4.71. The summed E-state index contributed by atoms with van der Waals surface area (Å²) in [6.07, 6.45) is 0. The van der Waals surface area contributed by atoms with Gasteiger partial charge in [0.05, 0.1) is 5.69 Å². The fourth-order valence-corrected chi connectivity index (χ4v) is 7.64. The van der Waals surface area contributed by atoms with Crippen molar-refractivity contribution in [3.05, 3.63) is 176 Å². The molecule has 0 unspecified atom stereocenters. The van der Waals surface area contributed by atoms with Gasteiger partial charge in [-0.05, 0) is 70.6 Å². The average Bonchev–Trinajstić information content (AvgIpc) is 3.79. The van der Waals surface area contributed by atoms with Gasteiger partial charge in [0.15, 0.2) is 0 Å². The van der Waals surface area contributed by atoms with Crippen LogP contribution in [0.2, 0.25) is 0 Å². The molecule has 0 saturated carbocycles. The third-order valence-corrected chi connectivity index (χ3v) is 10.1. The Kier molecular flexibility index (Phi) is 6.69. The lowest BCUT2D eigenvalue weighted by atomic mass is 10.0. The molecule has 0 amide bonds. The Morgan fingerprint density at radius 1 is 0.404 bits per heavy atom. The van der Waals surface area contributed by atoms with Crippen molar-refractivity contribution in [3.63, 3.8) is 0 Å². The van der Waals surface area contributed by atoms with Crippen LogP contribution < -0.4 is 4.90 Å². The van der Waals surface area contributed by atoms with E-state index in [1.165, 1.54) is 31.7 Å². The number of thiophene rings is 1. The quantitative estimate of drug-likeness (QED) is 0.184. The number of para-hydroxylation sites is 2. The summed E-state index contributed by atoms with van der Waals surface area (Å²) in [5.74, 6) is 0. The van der Waals surface area contributed by atoms with Crippen LogP contribution in [-0.2, 0) is 0 Å². The highest BCUT2D eigenvalue weighted by molar-refractivity contribution is 7.18. The SMILES string of the molecule is c1ccc(-c2ccc(-c3ccc(N(c4ccc(-c5cccc6c5oc5ccccc56)cc4)c4cccc5ccccc45)cc3)s2)cc1. The van der Waals surface area contributed by atoms with Gasteiger partial charge in [-0.15, -0.1) is 11.3 Å². The van der Waals surface area contributed by atoms with Gasteiger partial charge in [0.1, 0.15) is 11.2 Å². The molecule has 47 heavy (non-hydrogen) atoms. The number of furan rings is 1. The molecule has 7 aromatic carbocycles. The summed E-state index contributed by atoms with van der Waals surface area (Å²) in [6.45, 7) is 0. The lowest BCUT2D eigenvalue weighted by Crippen LogP contribution is -2.10. The first kappa shape index (κ1) is 27.4. The first-order chi connectivity index (χ1) is 23.3. The zero-order chi connectivity index (χ0) is 31.2. The molecule has 3 heteroatoms. The molecule has 0 aliphatic rings. The maximum absolute atomic E-state index is 6.37. The number of anilines is 3. The van der Waals surface area contributed by atoms with Crippen LogP contribution in [0.15, 0.2) is 180 Å². The molecule has 0 bridgehead atoms. The Labute approximate surface area is 277 Å². The molecule has 2 heterocycles. The molecule has 2 aromatic heterocycles.